The number of halogens is 3. The molecular formula is C27H31Cl2FN6O2S. The predicted molar refractivity (Wildman–Crippen MR) is 156 cm³/mol. The van der Waals surface area contributed by atoms with Gasteiger partial charge in [0.1, 0.15) is 23.2 Å². The summed E-state index contributed by atoms with van der Waals surface area (Å²) < 4.78 is 33.2. The molecule has 1 atom stereocenters. The Bertz CT molecular complexity index is 1410. The van der Waals surface area contributed by atoms with Crippen molar-refractivity contribution in [3.8, 4) is 5.75 Å². The Morgan fingerprint density at radius 1 is 1.15 bits per heavy atom. The zero-order chi connectivity index (χ0) is 28.5. The Balaban J connectivity index is 0.00000172. The van der Waals surface area contributed by atoms with Gasteiger partial charge in [0, 0.05) is 78.2 Å². The van der Waals surface area contributed by atoms with Crippen LogP contribution < -0.4 is 15.4 Å². The first-order valence-corrected chi connectivity index (χ1v) is 14.7. The van der Waals surface area contributed by atoms with Gasteiger partial charge in [-0.3, -0.25) is 5.41 Å². The van der Waals surface area contributed by atoms with E-state index in [4.69, 9.17) is 39.1 Å². The smallest absolute Gasteiger partial charge is 0.232 e. The average Bonchev–Trinajstić information content (AvgIpc) is 2.87. The zero-order valence-corrected chi connectivity index (χ0v) is 24.6. The molecule has 4 heterocycles. The van der Waals surface area contributed by atoms with Crippen LogP contribution in [0.2, 0.25) is 10.0 Å². The molecule has 0 radical (unpaired) electrons. The summed E-state index contributed by atoms with van der Waals surface area (Å²) in [6.07, 6.45) is 4.56. The topological polar surface area (TPSA) is 108 Å². The molecule has 1 spiro atoms. The standard InChI is InChI=1S/C25H25Cl2FN6O2S.C2H6/c1-14-19(36-9-16-17(26)8-32-24(28)22(16)27)5-4-18(29)21(14)23(30)15-3-6-20(31-7-15)33-10-25(11-33)12-34(13-25)37(2)35;1-2/h3-8,30H,9-13,29H2,1-2H3;1-2H3. The second kappa shape index (κ2) is 11.8. The molecule has 5 rings (SSSR count). The first-order valence-electron chi connectivity index (χ1n) is 12.5. The minimum absolute atomic E-state index is 0.0753. The summed E-state index contributed by atoms with van der Waals surface area (Å²) in [5, 5.41) is 8.82. The van der Waals surface area contributed by atoms with Crippen molar-refractivity contribution in [1.82, 2.24) is 14.3 Å². The van der Waals surface area contributed by atoms with Gasteiger partial charge in [0.2, 0.25) is 5.95 Å². The molecule has 0 bridgehead atoms. The average molecular weight is 594 g/mol. The van der Waals surface area contributed by atoms with Crippen LogP contribution >= 0.6 is 23.2 Å². The Morgan fingerprint density at radius 2 is 1.85 bits per heavy atom. The zero-order valence-electron chi connectivity index (χ0n) is 22.2. The highest BCUT2D eigenvalue weighted by atomic mass is 35.5. The minimum Gasteiger partial charge on any atom is -0.488 e. The van der Waals surface area contributed by atoms with E-state index < -0.39 is 16.9 Å². The van der Waals surface area contributed by atoms with Crippen molar-refractivity contribution >= 4 is 51.4 Å². The van der Waals surface area contributed by atoms with E-state index in [1.54, 1.807) is 31.5 Å². The van der Waals surface area contributed by atoms with E-state index in [1.807, 2.05) is 30.3 Å². The van der Waals surface area contributed by atoms with E-state index in [-0.39, 0.29) is 33.3 Å². The SMILES string of the molecule is CC.Cc1c(OCc2c(Cl)cnc(F)c2Cl)ccc(N)c1C(=N)c1ccc(N2CC3(C2)CN(S(C)=O)C3)nc1. The number of hydrogen-bond donors (Lipinski definition) is 2. The number of benzene rings is 1. The molecule has 2 fully saturated rings. The summed E-state index contributed by atoms with van der Waals surface area (Å²) in [7, 11) is -0.913. The van der Waals surface area contributed by atoms with Gasteiger partial charge in [-0.25, -0.2) is 18.5 Å². The first kappa shape index (κ1) is 29.2. The molecule has 2 aliphatic rings. The summed E-state index contributed by atoms with van der Waals surface area (Å²) in [4.78, 5) is 10.3. The maximum Gasteiger partial charge on any atom is 0.232 e. The number of ether oxygens (including phenoxy) is 1. The van der Waals surface area contributed by atoms with E-state index >= 15 is 0 Å². The molecule has 0 amide bonds. The van der Waals surface area contributed by atoms with Crippen LogP contribution in [0.1, 0.15) is 36.1 Å². The van der Waals surface area contributed by atoms with Crippen LogP contribution in [0.25, 0.3) is 0 Å². The van der Waals surface area contributed by atoms with Crippen molar-refractivity contribution in [2.75, 3.05) is 43.1 Å². The Morgan fingerprint density at radius 3 is 2.46 bits per heavy atom. The lowest BCUT2D eigenvalue weighted by Crippen LogP contribution is -2.72. The largest absolute Gasteiger partial charge is 0.488 e. The van der Waals surface area contributed by atoms with E-state index in [1.165, 1.54) is 6.20 Å². The summed E-state index contributed by atoms with van der Waals surface area (Å²) >= 11 is 12.1. The molecule has 39 heavy (non-hydrogen) atoms. The van der Waals surface area contributed by atoms with Crippen molar-refractivity contribution in [2.45, 2.75) is 27.4 Å². The third kappa shape index (κ3) is 5.75. The molecule has 3 aromatic rings. The van der Waals surface area contributed by atoms with Gasteiger partial charge in [0.15, 0.2) is 0 Å². The van der Waals surface area contributed by atoms with Crippen molar-refractivity contribution in [3.63, 3.8) is 0 Å². The number of anilines is 2. The highest BCUT2D eigenvalue weighted by Crippen LogP contribution is 2.42. The van der Waals surface area contributed by atoms with Gasteiger partial charge in [-0.2, -0.15) is 4.39 Å². The number of rotatable bonds is 7. The van der Waals surface area contributed by atoms with E-state index in [2.05, 4.69) is 14.9 Å². The molecule has 2 aliphatic heterocycles. The maximum atomic E-state index is 13.8. The second-order valence-electron chi connectivity index (χ2n) is 9.49. The van der Waals surface area contributed by atoms with Gasteiger partial charge in [-0.05, 0) is 31.2 Å². The van der Waals surface area contributed by atoms with Gasteiger partial charge in [0.25, 0.3) is 0 Å². The van der Waals surface area contributed by atoms with Crippen molar-refractivity contribution in [1.29, 1.82) is 5.41 Å². The Hall–Kier alpha value is -2.79. The summed E-state index contributed by atoms with van der Waals surface area (Å²) in [5.74, 6) is 0.493. The number of nitrogens with zero attached hydrogens (tertiary/aromatic N) is 4. The van der Waals surface area contributed by atoms with E-state index in [0.29, 0.717) is 28.1 Å². The van der Waals surface area contributed by atoms with Gasteiger partial charge in [0.05, 0.1) is 21.7 Å². The highest BCUT2D eigenvalue weighted by Gasteiger charge is 2.53. The fourth-order valence-electron chi connectivity index (χ4n) is 4.84. The lowest BCUT2D eigenvalue weighted by molar-refractivity contribution is 0.0434. The molecule has 0 saturated carbocycles. The third-order valence-corrected chi connectivity index (χ3v) is 8.59. The number of nitrogens with two attached hydrogens (primary N) is 1. The van der Waals surface area contributed by atoms with Gasteiger partial charge >= 0.3 is 0 Å². The lowest BCUT2D eigenvalue weighted by Gasteiger charge is -2.59. The minimum atomic E-state index is -0.913. The van der Waals surface area contributed by atoms with Gasteiger partial charge < -0.3 is 15.4 Å². The van der Waals surface area contributed by atoms with E-state index in [0.717, 1.165) is 32.0 Å². The van der Waals surface area contributed by atoms with Gasteiger partial charge in [-0.1, -0.05) is 37.0 Å². The number of aromatic nitrogens is 2. The quantitative estimate of drug-likeness (QED) is 0.220. The number of nitrogen functional groups attached to an aromatic ring is 1. The monoisotopic (exact) mass is 592 g/mol. The van der Waals surface area contributed by atoms with Crippen molar-refractivity contribution in [3.05, 3.63) is 74.9 Å². The molecular weight excluding hydrogens is 562 g/mol. The van der Waals surface area contributed by atoms with Gasteiger partial charge in [-0.15, -0.1) is 0 Å². The molecule has 12 heteroatoms. The molecule has 3 N–H and O–H groups in total. The summed E-state index contributed by atoms with van der Waals surface area (Å²) in [6, 6.07) is 7.11. The number of nitrogens with one attached hydrogen (secondary N) is 1. The molecule has 0 aliphatic carbocycles. The Kier molecular flexibility index (Phi) is 8.80. The van der Waals surface area contributed by atoms with Crippen LogP contribution in [-0.4, -0.2) is 56.6 Å². The lowest BCUT2D eigenvalue weighted by atomic mass is 9.74. The molecule has 1 aromatic carbocycles. The predicted octanol–water partition coefficient (Wildman–Crippen LogP) is 5.25. The molecule has 2 saturated heterocycles. The normalized spacial score (nSPS) is 16.5. The van der Waals surface area contributed by atoms with E-state index in [9.17, 15) is 8.60 Å². The Labute approximate surface area is 240 Å². The number of pyridine rings is 2. The fraction of sp³-hybridized carbons (Fsp3) is 0.370. The maximum absolute atomic E-state index is 13.8. The second-order valence-corrected chi connectivity index (χ2v) is 11.6. The highest BCUT2D eigenvalue weighted by molar-refractivity contribution is 7.81. The number of hydrogen-bond acceptors (Lipinski definition) is 7. The van der Waals surface area contributed by atoms with Crippen LogP contribution in [0, 0.1) is 23.7 Å². The van der Waals surface area contributed by atoms with Crippen LogP contribution in [-0.2, 0) is 17.6 Å². The third-order valence-electron chi connectivity index (χ3n) is 6.90. The van der Waals surface area contributed by atoms with Crippen molar-refractivity contribution < 1.29 is 13.3 Å². The van der Waals surface area contributed by atoms with Crippen LogP contribution in [0.5, 0.6) is 5.75 Å². The molecule has 2 aromatic heterocycles. The first-order chi connectivity index (χ1) is 18.6. The fourth-order valence-corrected chi connectivity index (χ4v) is 6.20. The van der Waals surface area contributed by atoms with Crippen LogP contribution in [0.3, 0.4) is 0 Å². The van der Waals surface area contributed by atoms with Crippen molar-refractivity contribution in [2.24, 2.45) is 5.41 Å². The summed E-state index contributed by atoms with van der Waals surface area (Å²) in [6.45, 7) is 9.19. The summed E-state index contributed by atoms with van der Waals surface area (Å²) in [5.41, 5.74) is 9.18. The molecule has 8 nitrogen and oxygen atoms in total. The van der Waals surface area contributed by atoms with Crippen LogP contribution in [0.15, 0.2) is 36.7 Å². The molecule has 208 valence electrons. The molecule has 1 unspecified atom stereocenters. The van der Waals surface area contributed by atoms with Crippen LogP contribution in [0.4, 0.5) is 15.9 Å².